The molecule has 4 aliphatic rings. The molecule has 8 aromatic rings. The number of aliphatic hydroxyl groups is 8. The van der Waals surface area contributed by atoms with E-state index in [1.807, 2.05) is 27.4 Å². The zero-order valence-corrected chi connectivity index (χ0v) is 53.5. The number of nitrogens with zero attached hydrogens (tertiary/aromatic N) is 11. The van der Waals surface area contributed by atoms with Gasteiger partial charge >= 0.3 is 0 Å². The predicted octanol–water partition coefficient (Wildman–Crippen LogP) is 1.15. The number of aromatic nitrogens is 14. The van der Waals surface area contributed by atoms with Crippen molar-refractivity contribution in [2.24, 2.45) is 0 Å². The number of anilines is 3. The highest BCUT2D eigenvalue weighted by Crippen LogP contribution is 2.48. The number of aryl methyl sites for hydroxylation is 1. The van der Waals surface area contributed by atoms with Crippen LogP contribution in [0, 0.1) is 62.6 Å². The van der Waals surface area contributed by atoms with Crippen molar-refractivity contribution in [2.75, 3.05) is 17.2 Å². The molecular formula is C55H54Cl4F5N17O14S. The number of aliphatic hydroxyl groups excluding tert-OH is 8. The molecule has 0 saturated carbocycles. The third kappa shape index (κ3) is 12.9. The van der Waals surface area contributed by atoms with Crippen LogP contribution in [0.25, 0.3) is 44.4 Å². The molecule has 41 heteroatoms. The first-order valence-electron chi connectivity index (χ1n) is 27.8. The number of hydrogen-bond donors (Lipinski definition) is 14. The van der Waals surface area contributed by atoms with E-state index in [4.69, 9.17) is 94.8 Å². The summed E-state index contributed by atoms with van der Waals surface area (Å²) in [6.45, 7) is 6.86. The lowest BCUT2D eigenvalue weighted by Gasteiger charge is -2.24. The Morgan fingerprint density at radius 1 is 0.583 bits per heavy atom. The van der Waals surface area contributed by atoms with Gasteiger partial charge in [0.1, 0.15) is 76.7 Å². The number of aromatic amines is 3. The van der Waals surface area contributed by atoms with Gasteiger partial charge < -0.3 is 91.5 Å². The molecule has 0 aromatic carbocycles. The Hall–Kier alpha value is -7.87. The van der Waals surface area contributed by atoms with E-state index in [2.05, 4.69) is 67.6 Å². The number of nitrogens with one attached hydrogen (secondary N) is 3. The SMILES string of the molecule is C[C@@H](O)[C@H]1O[C@@H](n2ccc3c(=O)[nH]c(N)nc32)C(F)(C#CCl)[C@H]1O.C[C@@H](O)[C@H]1O[C@@H](n2cnc3c(=S)nc(N)[nH]c32)C(F)(C#CCl)[C@H]1O.C[C@@H](O)[C@H]1O[C@@H](n2cnc3cnc(N)nc32)C(F)(C#CCl)[C@H]1O.Cc1nc2c(c(F)cn2[C@@H]2O[C@H]([C@@H](C)O)[C@H](O)C2(F)C#CCl)c(=O)[nH]1. The minimum Gasteiger partial charge on any atom is -0.391 e. The van der Waals surface area contributed by atoms with E-state index in [-0.39, 0.29) is 67.2 Å². The van der Waals surface area contributed by atoms with Crippen molar-refractivity contribution < 1.29 is 81.8 Å². The highest BCUT2D eigenvalue weighted by molar-refractivity contribution is 7.71. The Labute approximate surface area is 560 Å². The molecule has 0 amide bonds. The molecule has 96 heavy (non-hydrogen) atoms. The normalized spacial score (nSPS) is 31.0. The van der Waals surface area contributed by atoms with Gasteiger partial charge in [-0.2, -0.15) is 9.97 Å². The number of halogens is 9. The van der Waals surface area contributed by atoms with Crippen LogP contribution in [0.2, 0.25) is 0 Å². The average Bonchev–Trinajstić information content (AvgIpc) is 1.61. The highest BCUT2D eigenvalue weighted by Gasteiger charge is 2.63. The maximum atomic E-state index is 15.4. The Morgan fingerprint density at radius 2 is 1.02 bits per heavy atom. The summed E-state index contributed by atoms with van der Waals surface area (Å²) in [5, 5.41) is 87.1. The number of alkyl halides is 4. The van der Waals surface area contributed by atoms with Gasteiger partial charge in [0.05, 0.1) is 48.7 Å². The summed E-state index contributed by atoms with van der Waals surface area (Å²) in [5.74, 6) is 7.38. The molecule has 4 aliphatic heterocycles. The molecular weight excluding hydrogens is 1390 g/mol. The van der Waals surface area contributed by atoms with Gasteiger partial charge in [0.25, 0.3) is 11.1 Å². The van der Waals surface area contributed by atoms with Crippen molar-refractivity contribution >= 4 is 121 Å². The number of rotatable bonds is 8. The molecule has 17 N–H and O–H groups in total. The van der Waals surface area contributed by atoms with Crippen molar-refractivity contribution in [3.8, 4) is 45.2 Å². The molecule has 0 radical (unpaired) electrons. The number of hydrogen-bond acceptors (Lipinski definition) is 25. The van der Waals surface area contributed by atoms with E-state index >= 15 is 17.6 Å². The summed E-state index contributed by atoms with van der Waals surface area (Å²) in [6, 6.07) is 1.40. The number of nitrogens with two attached hydrogens (primary N) is 3. The van der Waals surface area contributed by atoms with Crippen molar-refractivity contribution in [3.05, 3.63) is 74.3 Å². The van der Waals surface area contributed by atoms with Gasteiger partial charge in [-0.1, -0.05) is 12.2 Å². The number of ether oxygens (including phenoxy) is 4. The summed E-state index contributed by atoms with van der Waals surface area (Å²) in [7, 11) is 0. The topological polar surface area (TPSA) is 468 Å². The first-order valence-corrected chi connectivity index (χ1v) is 29.7. The second-order valence-electron chi connectivity index (χ2n) is 22.0. The van der Waals surface area contributed by atoms with Crippen LogP contribution in [0.4, 0.5) is 39.8 Å². The molecule has 20 atom stereocenters. The third-order valence-corrected chi connectivity index (χ3v) is 16.2. The maximum Gasteiger partial charge on any atom is 0.263 e. The van der Waals surface area contributed by atoms with Crippen LogP contribution in [-0.2, 0) is 18.9 Å². The lowest BCUT2D eigenvalue weighted by Crippen LogP contribution is -2.44. The minimum atomic E-state index is -2.75. The van der Waals surface area contributed by atoms with E-state index in [1.165, 1.54) is 79.4 Å². The van der Waals surface area contributed by atoms with Crippen molar-refractivity contribution in [2.45, 2.75) is 155 Å². The zero-order valence-electron chi connectivity index (χ0n) is 49.7. The number of imidazole rings is 2. The van der Waals surface area contributed by atoms with Crippen molar-refractivity contribution in [1.29, 1.82) is 0 Å². The van der Waals surface area contributed by atoms with E-state index in [9.17, 15) is 54.8 Å². The van der Waals surface area contributed by atoms with E-state index < -0.39 is 138 Å². The van der Waals surface area contributed by atoms with Gasteiger partial charge in [-0.25, -0.2) is 46.9 Å². The van der Waals surface area contributed by atoms with Crippen LogP contribution in [0.3, 0.4) is 0 Å². The van der Waals surface area contributed by atoms with Crippen LogP contribution in [0.15, 0.2) is 46.9 Å². The first kappa shape index (κ1) is 72.4. The first-order chi connectivity index (χ1) is 45.2. The van der Waals surface area contributed by atoms with Gasteiger partial charge in [-0.15, -0.1) is 0 Å². The fourth-order valence-electron chi connectivity index (χ4n) is 11.0. The second-order valence-corrected chi connectivity index (χ2v) is 23.2. The zero-order chi connectivity index (χ0) is 70.6. The molecule has 12 heterocycles. The fraction of sp³-hybridized carbons (Fsp3) is 0.455. The molecule has 4 unspecified atom stereocenters. The van der Waals surface area contributed by atoms with E-state index in [0.29, 0.717) is 5.52 Å². The quantitative estimate of drug-likeness (QED) is 0.0576. The summed E-state index contributed by atoms with van der Waals surface area (Å²) in [6.07, 6.45) is -16.6. The molecule has 12 rings (SSSR count). The largest absolute Gasteiger partial charge is 0.391 e. The third-order valence-electron chi connectivity index (χ3n) is 15.6. The molecule has 0 spiro atoms. The maximum absolute atomic E-state index is 15.4. The number of nitrogen functional groups attached to an aromatic ring is 3. The standard InChI is InChI=1S/C15H14ClF2N3O4.C14H14ClFN4O4.C13H13ClFN5O3S.C13H13ClFN5O3/c1-6(22)10-11(23)15(18,3-4-16)14(25-10)21-5-8(17)9-12(21)19-7(2)20-13(9)24;1-6(21)8-9(22)14(16,3-4-15)12(24-8)20-5-2-7-10(20)18-13(17)19-11(7)23;1-5(21)7-8(22)13(15,2-3-14)11(23-7)20-4-17-6-9(20)18-12(16)19-10(6)24;1-6(21)8-9(22)13(15,2-3-14)11(23-8)20-5-18-7-4-17-12(16)19-10(7)20/h5-6,10-11,14,22-23H,1-2H3,(H,19,20,24);2,5-6,8-9,12,21-22H,1H3,(H3,17,18,19,23);4-5,7-8,11,21-22H,1H3,(H3,16,18,19,24);4-6,8-9,11,21-22H,1H3,(H2,16,17,19)/t6-,10-,11+,14-,15?;6-,8-,9+,12-,14?;5-,7-,8+,11-,13?;6-,8-,9+,11-,13?/m1111/s1. The van der Waals surface area contributed by atoms with Gasteiger partial charge in [0.2, 0.25) is 34.6 Å². The highest BCUT2D eigenvalue weighted by atomic mass is 35.5. The summed E-state index contributed by atoms with van der Waals surface area (Å²) in [4.78, 5) is 59.0. The van der Waals surface area contributed by atoms with Crippen LogP contribution >= 0.6 is 58.6 Å². The van der Waals surface area contributed by atoms with Crippen LogP contribution < -0.4 is 28.3 Å². The summed E-state index contributed by atoms with van der Waals surface area (Å²) in [5.41, 5.74) is 5.92. The second kappa shape index (κ2) is 27.9. The van der Waals surface area contributed by atoms with Crippen LogP contribution in [0.5, 0.6) is 0 Å². The Bertz CT molecular complexity index is 4580. The van der Waals surface area contributed by atoms with Gasteiger partial charge in [0.15, 0.2) is 58.3 Å². The fourth-order valence-corrected chi connectivity index (χ4v) is 11.9. The van der Waals surface area contributed by atoms with E-state index in [1.54, 1.807) is 0 Å². The van der Waals surface area contributed by atoms with Crippen LogP contribution in [-0.4, -0.2) is 205 Å². The minimum absolute atomic E-state index is 0.00718. The summed E-state index contributed by atoms with van der Waals surface area (Å²) >= 11 is 26.4. The molecule has 4 saturated heterocycles. The Morgan fingerprint density at radius 3 is 1.49 bits per heavy atom. The lowest BCUT2D eigenvalue weighted by atomic mass is 9.95. The smallest absolute Gasteiger partial charge is 0.263 e. The Balaban J connectivity index is 0.000000150. The lowest BCUT2D eigenvalue weighted by molar-refractivity contribution is -0.0776. The van der Waals surface area contributed by atoms with Crippen molar-refractivity contribution in [1.82, 2.24) is 68.1 Å². The summed E-state index contributed by atoms with van der Waals surface area (Å²) < 4.78 is 102. The van der Waals surface area contributed by atoms with Crippen molar-refractivity contribution in [3.63, 3.8) is 0 Å². The molecule has 8 aromatic heterocycles. The number of H-pyrrole nitrogens is 3. The molecule has 512 valence electrons. The Kier molecular flexibility index (Phi) is 21.1. The predicted molar refractivity (Wildman–Crippen MR) is 333 cm³/mol. The average molecular weight is 1450 g/mol. The molecule has 0 bridgehead atoms. The van der Waals surface area contributed by atoms with E-state index in [0.717, 1.165) is 10.8 Å². The molecule has 4 fully saturated rings. The molecule has 31 nitrogen and oxygen atoms in total. The molecule has 0 aliphatic carbocycles. The van der Waals surface area contributed by atoms with Crippen LogP contribution in [0.1, 0.15) is 58.4 Å². The van der Waals surface area contributed by atoms with Gasteiger partial charge in [-0.05, 0) is 111 Å². The number of fused-ring (bicyclic) bond motifs is 4. The van der Waals surface area contributed by atoms with Gasteiger partial charge in [0, 0.05) is 33.9 Å². The van der Waals surface area contributed by atoms with Gasteiger partial charge in [-0.3, -0.25) is 28.3 Å². The monoisotopic (exact) mass is 1440 g/mol.